The maximum atomic E-state index is 10.4. The second-order valence-electron chi connectivity index (χ2n) is 5.13. The van der Waals surface area contributed by atoms with Crippen LogP contribution in [0.1, 0.15) is 40.0 Å². The van der Waals surface area contributed by atoms with Crippen LogP contribution in [-0.4, -0.2) is 18.7 Å². The van der Waals surface area contributed by atoms with Crippen LogP contribution < -0.4 is 0 Å². The summed E-state index contributed by atoms with van der Waals surface area (Å²) in [7, 11) is 0. The minimum absolute atomic E-state index is 0.241. The number of hydrogen-bond donors (Lipinski definition) is 0. The van der Waals surface area contributed by atoms with E-state index in [0.717, 1.165) is 19.4 Å². The van der Waals surface area contributed by atoms with E-state index in [4.69, 9.17) is 4.74 Å². The van der Waals surface area contributed by atoms with E-state index in [9.17, 15) is 4.79 Å². The highest BCUT2D eigenvalue weighted by molar-refractivity contribution is 5.45. The van der Waals surface area contributed by atoms with Gasteiger partial charge in [0.25, 0.3) is 0 Å². The van der Waals surface area contributed by atoms with Gasteiger partial charge in [0.15, 0.2) is 0 Å². The molecule has 0 aromatic rings. The van der Waals surface area contributed by atoms with Crippen molar-refractivity contribution in [2.75, 3.05) is 6.61 Å². The maximum absolute atomic E-state index is 10.4. The van der Waals surface area contributed by atoms with Crippen LogP contribution in [0.5, 0.6) is 0 Å². The van der Waals surface area contributed by atoms with Crippen LogP contribution >= 0.6 is 0 Å². The van der Waals surface area contributed by atoms with Crippen LogP contribution in [0.4, 0.5) is 0 Å². The Bertz CT molecular complexity index is 229. The third-order valence-electron chi connectivity index (χ3n) is 3.02. The molecule has 1 aliphatic carbocycles. The highest BCUT2D eigenvalue weighted by Crippen LogP contribution is 2.31. The van der Waals surface area contributed by atoms with Gasteiger partial charge in [0.1, 0.15) is 5.94 Å². The molecule has 0 aliphatic heterocycles. The summed E-state index contributed by atoms with van der Waals surface area (Å²) in [6.07, 6.45) is 5.26. The van der Waals surface area contributed by atoms with Crippen LogP contribution in [0.3, 0.4) is 0 Å². The molecule has 1 fully saturated rings. The summed E-state index contributed by atoms with van der Waals surface area (Å²) in [4.78, 5) is 10.4. The summed E-state index contributed by atoms with van der Waals surface area (Å²) in [6.45, 7) is 7.33. The molecule has 0 radical (unpaired) electrons. The Morgan fingerprint density at radius 2 is 2.20 bits per heavy atom. The summed E-state index contributed by atoms with van der Waals surface area (Å²) in [6, 6.07) is 0. The van der Waals surface area contributed by atoms with Crippen molar-refractivity contribution >= 4 is 5.94 Å². The minimum Gasteiger partial charge on any atom is -0.377 e. The second-order valence-corrected chi connectivity index (χ2v) is 5.13. The lowest BCUT2D eigenvalue weighted by Crippen LogP contribution is -2.30. The van der Waals surface area contributed by atoms with Gasteiger partial charge < -0.3 is 4.74 Å². The number of rotatable bonds is 4. The van der Waals surface area contributed by atoms with Gasteiger partial charge in [-0.2, -0.15) is 0 Å². The summed E-state index contributed by atoms with van der Waals surface area (Å²) in [5.41, 5.74) is 0. The summed E-state index contributed by atoms with van der Waals surface area (Å²) >= 11 is 0. The molecule has 0 heterocycles. The monoisotopic (exact) mass is 210 g/mol. The van der Waals surface area contributed by atoms with Crippen LogP contribution in [0.15, 0.2) is 6.08 Å². The fourth-order valence-corrected chi connectivity index (χ4v) is 2.18. The predicted octanol–water partition coefficient (Wildman–Crippen LogP) is 2.85. The molecule has 3 unspecified atom stereocenters. The zero-order valence-corrected chi connectivity index (χ0v) is 10.0. The third kappa shape index (κ3) is 4.19. The molecule has 0 aromatic carbocycles. The van der Waals surface area contributed by atoms with Gasteiger partial charge in [0, 0.05) is 18.6 Å². The highest BCUT2D eigenvalue weighted by Gasteiger charge is 2.27. The standard InChI is InChI=1S/C13H22O2/c1-10(2)9-15-13-5-4-11(3)8-12(13)6-7-14/h6,10-13H,4-5,8-9H2,1-3H3. The first kappa shape index (κ1) is 12.5. The van der Waals surface area contributed by atoms with E-state index in [1.165, 1.54) is 6.42 Å². The molecule has 3 atom stereocenters. The molecule has 2 nitrogen and oxygen atoms in total. The highest BCUT2D eigenvalue weighted by atomic mass is 16.5. The smallest absolute Gasteiger partial charge is 0.120 e. The van der Waals surface area contributed by atoms with E-state index in [1.54, 1.807) is 6.08 Å². The Kier molecular flexibility index (Phi) is 5.07. The van der Waals surface area contributed by atoms with Crippen LogP contribution in [0, 0.1) is 17.8 Å². The number of hydrogen-bond acceptors (Lipinski definition) is 2. The van der Waals surface area contributed by atoms with Gasteiger partial charge in [0.2, 0.25) is 0 Å². The number of ether oxygens (including phenoxy) is 1. The van der Waals surface area contributed by atoms with E-state index < -0.39 is 0 Å². The van der Waals surface area contributed by atoms with Crippen molar-refractivity contribution in [3.63, 3.8) is 0 Å². The van der Waals surface area contributed by atoms with E-state index in [0.29, 0.717) is 11.8 Å². The summed E-state index contributed by atoms with van der Waals surface area (Å²) in [5.74, 6) is 3.47. The lowest BCUT2D eigenvalue weighted by molar-refractivity contribution is -0.0175. The fraction of sp³-hybridized carbons (Fsp3) is 0.846. The van der Waals surface area contributed by atoms with E-state index in [2.05, 4.69) is 20.8 Å². The van der Waals surface area contributed by atoms with E-state index >= 15 is 0 Å². The van der Waals surface area contributed by atoms with Gasteiger partial charge in [-0.15, -0.1) is 0 Å². The topological polar surface area (TPSA) is 26.3 Å². The molecule has 86 valence electrons. The van der Waals surface area contributed by atoms with Crippen molar-refractivity contribution in [2.24, 2.45) is 17.8 Å². The largest absolute Gasteiger partial charge is 0.377 e. The molecule has 0 N–H and O–H groups in total. The summed E-state index contributed by atoms with van der Waals surface area (Å²) in [5, 5.41) is 0. The first-order valence-electron chi connectivity index (χ1n) is 5.96. The zero-order chi connectivity index (χ0) is 11.3. The average molecular weight is 210 g/mol. The first-order valence-corrected chi connectivity index (χ1v) is 5.96. The lowest BCUT2D eigenvalue weighted by atomic mass is 9.80. The zero-order valence-electron chi connectivity index (χ0n) is 10.0. The van der Waals surface area contributed by atoms with E-state index in [-0.39, 0.29) is 12.0 Å². The van der Waals surface area contributed by atoms with Crippen molar-refractivity contribution in [1.29, 1.82) is 0 Å². The maximum Gasteiger partial charge on any atom is 0.120 e. The Balaban J connectivity index is 2.48. The Morgan fingerprint density at radius 1 is 1.47 bits per heavy atom. The third-order valence-corrected chi connectivity index (χ3v) is 3.02. The van der Waals surface area contributed by atoms with Crippen molar-refractivity contribution < 1.29 is 9.53 Å². The Hall–Kier alpha value is -0.590. The van der Waals surface area contributed by atoms with Gasteiger partial charge in [-0.1, -0.05) is 20.8 Å². The first-order chi connectivity index (χ1) is 7.13. The minimum atomic E-state index is 0.241. The van der Waals surface area contributed by atoms with Gasteiger partial charge >= 0.3 is 0 Å². The molecule has 0 aromatic heterocycles. The quantitative estimate of drug-likeness (QED) is 0.667. The lowest BCUT2D eigenvalue weighted by Gasteiger charge is -2.32. The summed E-state index contributed by atoms with van der Waals surface area (Å²) < 4.78 is 5.85. The van der Waals surface area contributed by atoms with Gasteiger partial charge in [-0.05, 0) is 31.1 Å². The molecular formula is C13H22O2. The molecule has 0 saturated heterocycles. The predicted molar refractivity (Wildman–Crippen MR) is 61.3 cm³/mol. The van der Waals surface area contributed by atoms with Crippen molar-refractivity contribution in [1.82, 2.24) is 0 Å². The van der Waals surface area contributed by atoms with Gasteiger partial charge in [0.05, 0.1) is 6.10 Å². The second kappa shape index (κ2) is 6.09. The Morgan fingerprint density at radius 3 is 2.80 bits per heavy atom. The van der Waals surface area contributed by atoms with Crippen LogP contribution in [0.2, 0.25) is 0 Å². The normalized spacial score (nSPS) is 31.3. The molecule has 15 heavy (non-hydrogen) atoms. The van der Waals surface area contributed by atoms with Gasteiger partial charge in [-0.25, -0.2) is 4.79 Å². The fourth-order valence-electron chi connectivity index (χ4n) is 2.18. The molecule has 0 spiro atoms. The average Bonchev–Trinajstić information content (AvgIpc) is 2.17. The van der Waals surface area contributed by atoms with Crippen molar-refractivity contribution in [3.8, 4) is 0 Å². The van der Waals surface area contributed by atoms with Crippen molar-refractivity contribution in [3.05, 3.63) is 6.08 Å². The molecule has 0 amide bonds. The van der Waals surface area contributed by atoms with Crippen LogP contribution in [-0.2, 0) is 9.53 Å². The van der Waals surface area contributed by atoms with Gasteiger partial charge in [-0.3, -0.25) is 0 Å². The molecule has 1 rings (SSSR count). The Labute approximate surface area is 92.7 Å². The SMILES string of the molecule is CC(C)COC1CCC(C)CC1C=C=O. The molecular weight excluding hydrogens is 188 g/mol. The van der Waals surface area contributed by atoms with Crippen LogP contribution in [0.25, 0.3) is 0 Å². The van der Waals surface area contributed by atoms with Crippen molar-refractivity contribution in [2.45, 2.75) is 46.1 Å². The molecule has 0 bridgehead atoms. The molecule has 2 heteroatoms. The molecule has 1 aliphatic rings. The number of carbonyl (C=O) groups excluding carboxylic acids is 1. The molecule has 1 saturated carbocycles. The van der Waals surface area contributed by atoms with E-state index in [1.807, 2.05) is 5.94 Å².